The Morgan fingerprint density at radius 3 is 3.04 bits per heavy atom. The Kier molecular flexibility index (Phi) is 4.60. The van der Waals surface area contributed by atoms with Crippen molar-refractivity contribution in [2.45, 2.75) is 45.6 Å². The molecule has 1 N–H and O–H groups in total. The Morgan fingerprint density at radius 2 is 2.26 bits per heavy atom. The van der Waals surface area contributed by atoms with Gasteiger partial charge in [0.2, 0.25) is 5.91 Å². The SMILES string of the molecule is Cc1nn(CC(=O)NCCC2=CCCCC2)c(=O)c2cccn12. The Bertz CT molecular complexity index is 801. The largest absolute Gasteiger partial charge is 0.354 e. The molecule has 0 unspecified atom stereocenters. The fourth-order valence-corrected chi connectivity index (χ4v) is 3.03. The van der Waals surface area contributed by atoms with Gasteiger partial charge in [0.05, 0.1) is 0 Å². The summed E-state index contributed by atoms with van der Waals surface area (Å²) in [4.78, 5) is 24.3. The zero-order chi connectivity index (χ0) is 16.2. The molecule has 6 nitrogen and oxygen atoms in total. The first-order chi connectivity index (χ1) is 11.1. The minimum absolute atomic E-state index is 0.0413. The molecule has 0 radical (unpaired) electrons. The lowest BCUT2D eigenvalue weighted by atomic mass is 9.97. The van der Waals surface area contributed by atoms with E-state index in [-0.39, 0.29) is 18.0 Å². The normalized spacial score (nSPS) is 14.7. The molecule has 3 rings (SSSR count). The van der Waals surface area contributed by atoms with E-state index in [1.165, 1.54) is 23.1 Å². The summed E-state index contributed by atoms with van der Waals surface area (Å²) >= 11 is 0. The van der Waals surface area contributed by atoms with Crippen molar-refractivity contribution in [2.24, 2.45) is 0 Å². The number of aryl methyl sites for hydroxylation is 1. The average Bonchev–Trinajstić information content (AvgIpc) is 3.04. The molecule has 2 aromatic heterocycles. The topological polar surface area (TPSA) is 68.4 Å². The number of allylic oxidation sites excluding steroid dienone is 1. The van der Waals surface area contributed by atoms with Gasteiger partial charge in [-0.15, -0.1) is 0 Å². The number of fused-ring (bicyclic) bond motifs is 1. The summed E-state index contributed by atoms with van der Waals surface area (Å²) in [5.41, 5.74) is 1.72. The maximum Gasteiger partial charge on any atom is 0.291 e. The summed E-state index contributed by atoms with van der Waals surface area (Å²) in [7, 11) is 0. The quantitative estimate of drug-likeness (QED) is 0.856. The number of nitrogens with one attached hydrogen (secondary N) is 1. The molecule has 0 aromatic carbocycles. The first-order valence-electron chi connectivity index (χ1n) is 8.14. The second-order valence-corrected chi connectivity index (χ2v) is 5.98. The third-order valence-electron chi connectivity index (χ3n) is 4.26. The first-order valence-corrected chi connectivity index (χ1v) is 8.14. The Morgan fingerprint density at radius 1 is 1.39 bits per heavy atom. The van der Waals surface area contributed by atoms with Crippen LogP contribution in [0.2, 0.25) is 0 Å². The molecule has 0 spiro atoms. The molecule has 1 aliphatic rings. The Labute approximate surface area is 134 Å². The summed E-state index contributed by atoms with van der Waals surface area (Å²) in [5.74, 6) is 0.510. The van der Waals surface area contributed by atoms with Crippen LogP contribution in [-0.2, 0) is 11.3 Å². The van der Waals surface area contributed by atoms with Crippen molar-refractivity contribution in [1.29, 1.82) is 0 Å². The van der Waals surface area contributed by atoms with Crippen molar-refractivity contribution in [1.82, 2.24) is 19.5 Å². The highest BCUT2D eigenvalue weighted by atomic mass is 16.2. The summed E-state index contributed by atoms with van der Waals surface area (Å²) in [6.45, 7) is 2.39. The number of carbonyl (C=O) groups is 1. The van der Waals surface area contributed by atoms with Crippen LogP contribution < -0.4 is 10.9 Å². The number of hydrogen-bond donors (Lipinski definition) is 1. The minimum atomic E-state index is -0.245. The molecule has 122 valence electrons. The molecule has 0 bridgehead atoms. The molecule has 2 aromatic rings. The zero-order valence-corrected chi connectivity index (χ0v) is 13.4. The van der Waals surface area contributed by atoms with Gasteiger partial charge in [-0.2, -0.15) is 5.10 Å². The van der Waals surface area contributed by atoms with Crippen LogP contribution in [0.5, 0.6) is 0 Å². The molecule has 0 aliphatic heterocycles. The van der Waals surface area contributed by atoms with Crippen molar-refractivity contribution in [2.75, 3.05) is 6.54 Å². The lowest BCUT2D eigenvalue weighted by molar-refractivity contribution is -0.121. The maximum absolute atomic E-state index is 12.3. The van der Waals surface area contributed by atoms with Crippen LogP contribution in [0.15, 0.2) is 34.8 Å². The van der Waals surface area contributed by atoms with Gasteiger partial charge >= 0.3 is 0 Å². The van der Waals surface area contributed by atoms with E-state index < -0.39 is 0 Å². The van der Waals surface area contributed by atoms with Crippen LogP contribution in [0, 0.1) is 6.92 Å². The third-order valence-corrected chi connectivity index (χ3v) is 4.26. The highest BCUT2D eigenvalue weighted by Gasteiger charge is 2.11. The molecule has 0 fully saturated rings. The predicted octanol–water partition coefficient (Wildman–Crippen LogP) is 1.81. The number of rotatable bonds is 5. The fourth-order valence-electron chi connectivity index (χ4n) is 3.03. The highest BCUT2D eigenvalue weighted by molar-refractivity contribution is 5.75. The van der Waals surface area contributed by atoms with E-state index in [0.29, 0.717) is 17.9 Å². The third kappa shape index (κ3) is 3.52. The Balaban J connectivity index is 1.60. The van der Waals surface area contributed by atoms with E-state index in [0.717, 1.165) is 19.3 Å². The number of carbonyl (C=O) groups excluding carboxylic acids is 1. The molecular weight excluding hydrogens is 292 g/mol. The lowest BCUT2D eigenvalue weighted by Gasteiger charge is -2.13. The van der Waals surface area contributed by atoms with Gasteiger partial charge in [-0.3, -0.25) is 14.0 Å². The summed E-state index contributed by atoms with van der Waals surface area (Å²) in [6, 6.07) is 3.54. The van der Waals surface area contributed by atoms with Gasteiger partial charge in [0.15, 0.2) is 0 Å². The molecule has 1 aliphatic carbocycles. The molecule has 1 amide bonds. The van der Waals surface area contributed by atoms with Gasteiger partial charge in [0.25, 0.3) is 5.56 Å². The van der Waals surface area contributed by atoms with Crippen LogP contribution in [0.4, 0.5) is 0 Å². The molecule has 0 saturated carbocycles. The monoisotopic (exact) mass is 314 g/mol. The van der Waals surface area contributed by atoms with E-state index in [1.54, 1.807) is 22.7 Å². The minimum Gasteiger partial charge on any atom is -0.354 e. The predicted molar refractivity (Wildman–Crippen MR) is 88.4 cm³/mol. The van der Waals surface area contributed by atoms with Gasteiger partial charge in [0.1, 0.15) is 17.9 Å². The molecule has 0 saturated heterocycles. The van der Waals surface area contributed by atoms with Crippen molar-refractivity contribution >= 4 is 11.4 Å². The first kappa shape index (κ1) is 15.5. The molecular formula is C17H22N4O2. The van der Waals surface area contributed by atoms with Gasteiger partial charge in [-0.1, -0.05) is 11.6 Å². The number of nitrogens with zero attached hydrogens (tertiary/aromatic N) is 3. The zero-order valence-electron chi connectivity index (χ0n) is 13.4. The molecule has 0 atom stereocenters. The van der Waals surface area contributed by atoms with Crippen LogP contribution in [0.3, 0.4) is 0 Å². The second kappa shape index (κ2) is 6.81. The fraction of sp³-hybridized carbons (Fsp3) is 0.471. The van der Waals surface area contributed by atoms with E-state index in [1.807, 2.05) is 6.92 Å². The van der Waals surface area contributed by atoms with E-state index in [4.69, 9.17) is 0 Å². The molecule has 6 heteroatoms. The van der Waals surface area contributed by atoms with Crippen LogP contribution in [0.25, 0.3) is 5.52 Å². The van der Waals surface area contributed by atoms with Crippen molar-refractivity contribution in [3.63, 3.8) is 0 Å². The summed E-state index contributed by atoms with van der Waals surface area (Å²) < 4.78 is 2.96. The molecule has 23 heavy (non-hydrogen) atoms. The van der Waals surface area contributed by atoms with E-state index in [2.05, 4.69) is 16.5 Å². The number of amides is 1. The Hall–Kier alpha value is -2.37. The van der Waals surface area contributed by atoms with Gasteiger partial charge < -0.3 is 5.32 Å². The number of aromatic nitrogens is 3. The van der Waals surface area contributed by atoms with Gasteiger partial charge in [-0.05, 0) is 51.2 Å². The summed E-state index contributed by atoms with van der Waals surface area (Å²) in [5, 5.41) is 7.09. The van der Waals surface area contributed by atoms with Gasteiger partial charge in [0, 0.05) is 12.7 Å². The van der Waals surface area contributed by atoms with E-state index in [9.17, 15) is 9.59 Å². The standard InChI is InChI=1S/C17H22N4O2/c1-13-19-21(17(23)15-8-5-11-20(13)15)12-16(22)18-10-9-14-6-3-2-4-7-14/h5-6,8,11H,2-4,7,9-10,12H2,1H3,(H,18,22). The highest BCUT2D eigenvalue weighted by Crippen LogP contribution is 2.19. The average molecular weight is 314 g/mol. The van der Waals surface area contributed by atoms with E-state index >= 15 is 0 Å². The second-order valence-electron chi connectivity index (χ2n) is 5.98. The van der Waals surface area contributed by atoms with Crippen LogP contribution in [0.1, 0.15) is 37.9 Å². The maximum atomic E-state index is 12.3. The van der Waals surface area contributed by atoms with Crippen LogP contribution in [-0.4, -0.2) is 26.6 Å². The van der Waals surface area contributed by atoms with Crippen molar-refractivity contribution in [3.05, 3.63) is 46.2 Å². The van der Waals surface area contributed by atoms with Crippen molar-refractivity contribution < 1.29 is 4.79 Å². The smallest absolute Gasteiger partial charge is 0.291 e. The summed E-state index contributed by atoms with van der Waals surface area (Å²) in [6.07, 6.45) is 9.78. The van der Waals surface area contributed by atoms with Crippen molar-refractivity contribution in [3.8, 4) is 0 Å². The van der Waals surface area contributed by atoms with Crippen LogP contribution >= 0.6 is 0 Å². The molecule has 2 heterocycles. The van der Waals surface area contributed by atoms with Gasteiger partial charge in [-0.25, -0.2) is 4.68 Å². The number of hydrogen-bond acceptors (Lipinski definition) is 3. The lowest BCUT2D eigenvalue weighted by Crippen LogP contribution is -2.35.